The molecule has 0 radical (unpaired) electrons. The fourth-order valence-corrected chi connectivity index (χ4v) is 3.53. The summed E-state index contributed by atoms with van der Waals surface area (Å²) >= 11 is 0. The van der Waals surface area contributed by atoms with Gasteiger partial charge in [0.2, 0.25) is 0 Å². The molecular weight excluding hydrogens is 228 g/mol. The lowest BCUT2D eigenvalue weighted by Gasteiger charge is -2.46. The number of ether oxygens (including phenoxy) is 1. The zero-order valence-electron chi connectivity index (χ0n) is 10.4. The zero-order chi connectivity index (χ0) is 13.1. The lowest BCUT2D eigenvalue weighted by Crippen LogP contribution is -2.43. The molecule has 1 aliphatic heterocycles. The summed E-state index contributed by atoms with van der Waals surface area (Å²) in [4.78, 5) is 23.3. The molecule has 2 aliphatic carbocycles. The number of fused-ring (bicyclic) bond motifs is 2. The number of carbonyl (C=O) groups is 2. The Morgan fingerprint density at radius 1 is 1.33 bits per heavy atom. The molecule has 0 amide bonds. The van der Waals surface area contributed by atoms with Gasteiger partial charge in [0.25, 0.3) is 0 Å². The van der Waals surface area contributed by atoms with Crippen molar-refractivity contribution >= 4 is 11.8 Å². The Hall–Kier alpha value is -1.64. The molecule has 3 rings (SSSR count). The minimum absolute atomic E-state index is 0.000856. The van der Waals surface area contributed by atoms with Gasteiger partial charge in [0.05, 0.1) is 0 Å². The number of allylic oxidation sites excluding steroid dienone is 3. The summed E-state index contributed by atoms with van der Waals surface area (Å²) in [6.45, 7) is 9.87. The van der Waals surface area contributed by atoms with E-state index in [1.807, 2.05) is 6.08 Å². The van der Waals surface area contributed by atoms with E-state index in [1.165, 1.54) is 0 Å². The first kappa shape index (κ1) is 11.5. The Kier molecular flexibility index (Phi) is 2.19. The molecule has 0 aromatic carbocycles. The van der Waals surface area contributed by atoms with E-state index in [9.17, 15) is 9.59 Å². The summed E-state index contributed by atoms with van der Waals surface area (Å²) in [5, 5.41) is 0. The van der Waals surface area contributed by atoms with Crippen LogP contribution in [0.1, 0.15) is 19.8 Å². The minimum Gasteiger partial charge on any atom is -0.458 e. The van der Waals surface area contributed by atoms with Crippen molar-refractivity contribution in [2.45, 2.75) is 25.9 Å². The summed E-state index contributed by atoms with van der Waals surface area (Å²) in [6, 6.07) is 0. The van der Waals surface area contributed by atoms with Crippen molar-refractivity contribution < 1.29 is 14.3 Å². The molecular formula is C15H16O3. The number of carbonyl (C=O) groups excluding carboxylic acids is 2. The van der Waals surface area contributed by atoms with Crippen LogP contribution in [0, 0.1) is 17.3 Å². The second kappa shape index (κ2) is 3.44. The maximum absolute atomic E-state index is 11.7. The Bertz CT molecular complexity index is 514. The SMILES string of the molecule is C=C1C(=O)C=C[C@]2(C)C[C@H]3C(=C)C(=O)O[C@@H]3C[C@H]12. The summed E-state index contributed by atoms with van der Waals surface area (Å²) in [5.41, 5.74) is 1.12. The summed E-state index contributed by atoms with van der Waals surface area (Å²) in [6.07, 6.45) is 4.94. The van der Waals surface area contributed by atoms with Gasteiger partial charge < -0.3 is 4.74 Å². The van der Waals surface area contributed by atoms with Crippen molar-refractivity contribution in [1.82, 2.24) is 0 Å². The highest BCUT2D eigenvalue weighted by atomic mass is 16.6. The van der Waals surface area contributed by atoms with Crippen LogP contribution in [0.15, 0.2) is 36.5 Å². The molecule has 94 valence electrons. The quantitative estimate of drug-likeness (QED) is 0.484. The van der Waals surface area contributed by atoms with Crippen molar-refractivity contribution in [3.63, 3.8) is 0 Å². The van der Waals surface area contributed by atoms with Crippen LogP contribution < -0.4 is 0 Å². The van der Waals surface area contributed by atoms with Crippen LogP contribution in [-0.2, 0) is 14.3 Å². The van der Waals surface area contributed by atoms with Crippen molar-refractivity contribution in [3.8, 4) is 0 Å². The van der Waals surface area contributed by atoms with Crippen LogP contribution in [0.25, 0.3) is 0 Å². The topological polar surface area (TPSA) is 43.4 Å². The van der Waals surface area contributed by atoms with Gasteiger partial charge in [-0.1, -0.05) is 26.2 Å². The van der Waals surface area contributed by atoms with Gasteiger partial charge in [-0.05, 0) is 35.8 Å². The van der Waals surface area contributed by atoms with Gasteiger partial charge in [0.1, 0.15) is 6.10 Å². The normalized spacial score (nSPS) is 42.6. The molecule has 0 aromatic rings. The Morgan fingerprint density at radius 2 is 2.06 bits per heavy atom. The summed E-state index contributed by atoms with van der Waals surface area (Å²) in [5.74, 6) is -0.119. The van der Waals surface area contributed by atoms with Gasteiger partial charge in [0.15, 0.2) is 5.78 Å². The number of ketones is 1. The Labute approximate surface area is 106 Å². The van der Waals surface area contributed by atoms with E-state index in [4.69, 9.17) is 4.74 Å². The van der Waals surface area contributed by atoms with E-state index in [0.29, 0.717) is 17.6 Å². The van der Waals surface area contributed by atoms with E-state index in [1.54, 1.807) is 6.08 Å². The van der Waals surface area contributed by atoms with Crippen molar-refractivity contribution in [2.75, 3.05) is 0 Å². The molecule has 3 aliphatic rings. The molecule has 2 fully saturated rings. The molecule has 4 atom stereocenters. The highest BCUT2D eigenvalue weighted by Gasteiger charge is 2.52. The van der Waals surface area contributed by atoms with Crippen LogP contribution >= 0.6 is 0 Å². The lowest BCUT2D eigenvalue weighted by molar-refractivity contribution is -0.141. The van der Waals surface area contributed by atoms with Gasteiger partial charge in [0, 0.05) is 11.5 Å². The minimum atomic E-state index is -0.284. The first-order chi connectivity index (χ1) is 8.42. The van der Waals surface area contributed by atoms with E-state index >= 15 is 0 Å². The third-order valence-corrected chi connectivity index (χ3v) is 4.69. The lowest BCUT2D eigenvalue weighted by atomic mass is 9.58. The van der Waals surface area contributed by atoms with Crippen LogP contribution in [0.4, 0.5) is 0 Å². The van der Waals surface area contributed by atoms with E-state index in [0.717, 1.165) is 6.42 Å². The van der Waals surface area contributed by atoms with Gasteiger partial charge >= 0.3 is 5.97 Å². The molecule has 3 heteroatoms. The molecule has 3 nitrogen and oxygen atoms in total. The highest BCUT2D eigenvalue weighted by Crippen LogP contribution is 2.53. The second-order valence-electron chi connectivity index (χ2n) is 5.80. The van der Waals surface area contributed by atoms with Crippen LogP contribution in [0.3, 0.4) is 0 Å². The first-order valence-corrected chi connectivity index (χ1v) is 6.24. The van der Waals surface area contributed by atoms with Crippen molar-refractivity contribution in [2.24, 2.45) is 17.3 Å². The van der Waals surface area contributed by atoms with Gasteiger partial charge in [-0.25, -0.2) is 4.79 Å². The van der Waals surface area contributed by atoms with Gasteiger partial charge in [-0.2, -0.15) is 0 Å². The van der Waals surface area contributed by atoms with Crippen LogP contribution in [-0.4, -0.2) is 17.9 Å². The molecule has 1 saturated heterocycles. The molecule has 18 heavy (non-hydrogen) atoms. The zero-order valence-corrected chi connectivity index (χ0v) is 10.4. The number of hydrogen-bond donors (Lipinski definition) is 0. The van der Waals surface area contributed by atoms with E-state index < -0.39 is 0 Å². The largest absolute Gasteiger partial charge is 0.458 e. The third-order valence-electron chi connectivity index (χ3n) is 4.69. The standard InChI is InChI=1S/C15H16O3/c1-8-10-7-15(3)5-4-12(16)9(2)11(15)6-13(10)18-14(8)17/h4-5,10-11,13H,1-2,6-7H2,3H3/t10-,11+,13+,15+/m0/s1. The first-order valence-electron chi connectivity index (χ1n) is 6.24. The van der Waals surface area contributed by atoms with Gasteiger partial charge in [-0.3, -0.25) is 4.79 Å². The molecule has 1 heterocycles. The maximum Gasteiger partial charge on any atom is 0.334 e. The van der Waals surface area contributed by atoms with Gasteiger partial charge in [-0.15, -0.1) is 0 Å². The second-order valence-corrected chi connectivity index (χ2v) is 5.80. The molecule has 0 spiro atoms. The van der Waals surface area contributed by atoms with E-state index in [-0.39, 0.29) is 35.1 Å². The van der Waals surface area contributed by atoms with Crippen LogP contribution in [0.5, 0.6) is 0 Å². The smallest absolute Gasteiger partial charge is 0.334 e. The predicted molar refractivity (Wildman–Crippen MR) is 66.6 cm³/mol. The number of rotatable bonds is 0. The number of hydrogen-bond acceptors (Lipinski definition) is 3. The fourth-order valence-electron chi connectivity index (χ4n) is 3.53. The number of esters is 1. The average Bonchev–Trinajstić information content (AvgIpc) is 2.59. The Morgan fingerprint density at radius 3 is 2.78 bits per heavy atom. The van der Waals surface area contributed by atoms with Crippen LogP contribution in [0.2, 0.25) is 0 Å². The monoisotopic (exact) mass is 244 g/mol. The summed E-state index contributed by atoms with van der Waals surface area (Å²) < 4.78 is 5.34. The Balaban J connectivity index is 1.99. The predicted octanol–water partition coefficient (Wildman–Crippen LogP) is 2.20. The summed E-state index contributed by atoms with van der Waals surface area (Å²) in [7, 11) is 0. The fraction of sp³-hybridized carbons (Fsp3) is 0.467. The van der Waals surface area contributed by atoms with E-state index in [2.05, 4.69) is 20.1 Å². The van der Waals surface area contributed by atoms with Crippen molar-refractivity contribution in [1.29, 1.82) is 0 Å². The highest BCUT2D eigenvalue weighted by molar-refractivity contribution is 6.05. The van der Waals surface area contributed by atoms with Crippen molar-refractivity contribution in [3.05, 3.63) is 36.5 Å². The molecule has 0 unspecified atom stereocenters. The molecule has 0 N–H and O–H groups in total. The maximum atomic E-state index is 11.7. The third kappa shape index (κ3) is 1.36. The molecule has 0 aromatic heterocycles. The average molecular weight is 244 g/mol. The molecule has 1 saturated carbocycles. The molecule has 0 bridgehead atoms.